The summed E-state index contributed by atoms with van der Waals surface area (Å²) in [5.74, 6) is -1.44. The lowest BCUT2D eigenvalue weighted by atomic mass is 9.81. The summed E-state index contributed by atoms with van der Waals surface area (Å²) in [4.78, 5) is 35.6. The summed E-state index contributed by atoms with van der Waals surface area (Å²) < 4.78 is 0. The van der Waals surface area contributed by atoms with Crippen LogP contribution in [0, 0.1) is 11.8 Å². The fraction of sp³-hybridized carbons (Fsp3) is 0.286. The molecule has 0 aliphatic heterocycles. The van der Waals surface area contributed by atoms with E-state index in [4.69, 9.17) is 5.11 Å². The lowest BCUT2D eigenvalue weighted by Crippen LogP contribution is -2.29. The van der Waals surface area contributed by atoms with Crippen LogP contribution in [0.5, 0.6) is 0 Å². The molecule has 3 amide bonds. The van der Waals surface area contributed by atoms with Crippen LogP contribution in [0.3, 0.4) is 0 Å². The van der Waals surface area contributed by atoms with E-state index in [1.54, 1.807) is 36.4 Å². The number of hydrogen-bond acceptors (Lipinski definition) is 3. The first-order valence-corrected chi connectivity index (χ1v) is 9.28. The molecular weight excluding hydrogens is 358 g/mol. The normalized spacial score (nSPS) is 18.7. The van der Waals surface area contributed by atoms with Crippen molar-refractivity contribution in [3.8, 4) is 0 Å². The Morgan fingerprint density at radius 2 is 1.25 bits per heavy atom. The molecular formula is C21H23N3O4. The maximum Gasteiger partial charge on any atom is 0.323 e. The van der Waals surface area contributed by atoms with Crippen LogP contribution in [0.4, 0.5) is 21.9 Å². The topological polar surface area (TPSA) is 108 Å². The van der Waals surface area contributed by atoms with Crippen LogP contribution in [0.15, 0.2) is 54.6 Å². The van der Waals surface area contributed by atoms with Crippen LogP contribution >= 0.6 is 0 Å². The van der Waals surface area contributed by atoms with E-state index in [-0.39, 0.29) is 23.8 Å². The van der Waals surface area contributed by atoms with Crippen LogP contribution in [0.25, 0.3) is 0 Å². The number of para-hydroxylation sites is 1. The quantitative estimate of drug-likeness (QED) is 0.624. The highest BCUT2D eigenvalue weighted by Gasteiger charge is 2.29. The molecule has 7 nitrogen and oxygen atoms in total. The van der Waals surface area contributed by atoms with Crippen molar-refractivity contribution < 1.29 is 19.5 Å². The summed E-state index contributed by atoms with van der Waals surface area (Å²) in [6.07, 6.45) is 2.18. The number of amides is 3. The standard InChI is InChI=1S/C21H23N3O4/c25-19(14-9-11-15(12-10-14)20(26)27)22-17-7-4-8-18(13-17)24-21(28)23-16-5-2-1-3-6-16/h1-8,13-15H,9-12H2,(H,22,25)(H,26,27)(H2,23,24,28). The molecule has 0 radical (unpaired) electrons. The van der Waals surface area contributed by atoms with Gasteiger partial charge in [-0.3, -0.25) is 9.59 Å². The minimum Gasteiger partial charge on any atom is -0.481 e. The molecule has 3 rings (SSSR count). The van der Waals surface area contributed by atoms with E-state index in [1.807, 2.05) is 18.2 Å². The van der Waals surface area contributed by atoms with Gasteiger partial charge in [0.25, 0.3) is 0 Å². The van der Waals surface area contributed by atoms with E-state index >= 15 is 0 Å². The first kappa shape index (κ1) is 19.4. The third kappa shape index (κ3) is 5.33. The van der Waals surface area contributed by atoms with Crippen molar-refractivity contribution in [2.45, 2.75) is 25.7 Å². The van der Waals surface area contributed by atoms with E-state index in [1.165, 1.54) is 0 Å². The molecule has 1 aliphatic carbocycles. The predicted octanol–water partition coefficient (Wildman–Crippen LogP) is 4.16. The Hall–Kier alpha value is -3.35. The molecule has 0 spiro atoms. The van der Waals surface area contributed by atoms with Gasteiger partial charge in [-0.1, -0.05) is 24.3 Å². The second-order valence-corrected chi connectivity index (χ2v) is 6.90. The van der Waals surface area contributed by atoms with Crippen molar-refractivity contribution in [3.05, 3.63) is 54.6 Å². The van der Waals surface area contributed by atoms with E-state index in [0.717, 1.165) is 0 Å². The third-order valence-electron chi connectivity index (χ3n) is 4.87. The van der Waals surface area contributed by atoms with Crippen LogP contribution < -0.4 is 16.0 Å². The number of nitrogens with one attached hydrogen (secondary N) is 3. The molecule has 146 valence electrons. The van der Waals surface area contributed by atoms with E-state index in [2.05, 4.69) is 16.0 Å². The average Bonchev–Trinajstić information content (AvgIpc) is 2.69. The van der Waals surface area contributed by atoms with Gasteiger partial charge in [0.05, 0.1) is 5.92 Å². The van der Waals surface area contributed by atoms with Gasteiger partial charge in [0.1, 0.15) is 0 Å². The van der Waals surface area contributed by atoms with Gasteiger partial charge in [-0.15, -0.1) is 0 Å². The van der Waals surface area contributed by atoms with Crippen LogP contribution in [0.2, 0.25) is 0 Å². The summed E-state index contributed by atoms with van der Waals surface area (Å²) in [7, 11) is 0. The number of rotatable bonds is 5. The van der Waals surface area contributed by atoms with Crippen LogP contribution in [-0.2, 0) is 9.59 Å². The minimum absolute atomic E-state index is 0.116. The van der Waals surface area contributed by atoms with Gasteiger partial charge in [0.2, 0.25) is 5.91 Å². The van der Waals surface area contributed by atoms with Crippen molar-refractivity contribution in [1.29, 1.82) is 0 Å². The summed E-state index contributed by atoms with van der Waals surface area (Å²) in [6.45, 7) is 0. The summed E-state index contributed by atoms with van der Waals surface area (Å²) in [6, 6.07) is 15.6. The smallest absolute Gasteiger partial charge is 0.323 e. The van der Waals surface area contributed by atoms with E-state index in [0.29, 0.717) is 42.7 Å². The predicted molar refractivity (Wildman–Crippen MR) is 107 cm³/mol. The highest BCUT2D eigenvalue weighted by Crippen LogP contribution is 2.30. The Bertz CT molecular complexity index is 846. The maximum absolute atomic E-state index is 12.5. The molecule has 7 heteroatoms. The van der Waals surface area contributed by atoms with Gasteiger partial charge in [-0.05, 0) is 56.0 Å². The third-order valence-corrected chi connectivity index (χ3v) is 4.87. The summed E-state index contributed by atoms with van der Waals surface area (Å²) >= 11 is 0. The van der Waals surface area contributed by atoms with Crippen molar-refractivity contribution in [3.63, 3.8) is 0 Å². The zero-order valence-corrected chi connectivity index (χ0v) is 15.4. The van der Waals surface area contributed by atoms with Gasteiger partial charge in [0, 0.05) is 23.0 Å². The van der Waals surface area contributed by atoms with Crippen molar-refractivity contribution in [2.24, 2.45) is 11.8 Å². The molecule has 1 fully saturated rings. The van der Waals surface area contributed by atoms with Gasteiger partial charge >= 0.3 is 12.0 Å². The second kappa shape index (κ2) is 9.03. The van der Waals surface area contributed by atoms with Crippen molar-refractivity contribution in [1.82, 2.24) is 0 Å². The largest absolute Gasteiger partial charge is 0.481 e. The average molecular weight is 381 g/mol. The number of hydrogen-bond donors (Lipinski definition) is 4. The lowest BCUT2D eigenvalue weighted by molar-refractivity contribution is -0.143. The number of anilines is 3. The Labute approximate surface area is 163 Å². The van der Waals surface area contributed by atoms with E-state index < -0.39 is 5.97 Å². The Balaban J connectivity index is 1.54. The highest BCUT2D eigenvalue weighted by molar-refractivity contribution is 6.00. The molecule has 0 unspecified atom stereocenters. The summed E-state index contributed by atoms with van der Waals surface area (Å²) in [5.41, 5.74) is 1.82. The molecule has 2 aromatic carbocycles. The van der Waals surface area contributed by atoms with Gasteiger partial charge in [-0.2, -0.15) is 0 Å². The number of aliphatic carboxylic acids is 1. The molecule has 2 aromatic rings. The Morgan fingerprint density at radius 3 is 1.89 bits per heavy atom. The molecule has 28 heavy (non-hydrogen) atoms. The molecule has 0 aromatic heterocycles. The van der Waals surface area contributed by atoms with Gasteiger partial charge in [-0.25, -0.2) is 4.79 Å². The number of carbonyl (C=O) groups excluding carboxylic acids is 2. The molecule has 0 bridgehead atoms. The first-order chi connectivity index (χ1) is 13.5. The number of carboxylic acids is 1. The maximum atomic E-state index is 12.5. The fourth-order valence-electron chi connectivity index (χ4n) is 3.34. The molecule has 1 aliphatic rings. The Kier molecular flexibility index (Phi) is 6.26. The number of urea groups is 1. The second-order valence-electron chi connectivity index (χ2n) is 6.90. The zero-order valence-electron chi connectivity index (χ0n) is 15.4. The molecule has 4 N–H and O–H groups in total. The molecule has 0 atom stereocenters. The van der Waals surface area contributed by atoms with E-state index in [9.17, 15) is 14.4 Å². The molecule has 0 heterocycles. The number of carboxylic acid groups (broad SMARTS) is 1. The lowest BCUT2D eigenvalue weighted by Gasteiger charge is -2.25. The van der Waals surface area contributed by atoms with Crippen LogP contribution in [-0.4, -0.2) is 23.0 Å². The molecule has 0 saturated heterocycles. The molecule has 1 saturated carbocycles. The van der Waals surface area contributed by atoms with Crippen LogP contribution in [0.1, 0.15) is 25.7 Å². The first-order valence-electron chi connectivity index (χ1n) is 9.28. The van der Waals surface area contributed by atoms with Gasteiger partial charge in [0.15, 0.2) is 0 Å². The summed E-state index contributed by atoms with van der Waals surface area (Å²) in [5, 5.41) is 17.4. The Morgan fingerprint density at radius 1 is 0.714 bits per heavy atom. The van der Waals surface area contributed by atoms with Crippen molar-refractivity contribution in [2.75, 3.05) is 16.0 Å². The minimum atomic E-state index is -0.786. The monoisotopic (exact) mass is 381 g/mol. The zero-order chi connectivity index (χ0) is 19.9. The number of carbonyl (C=O) groups is 3. The number of benzene rings is 2. The SMILES string of the molecule is O=C(Nc1ccccc1)Nc1cccc(NC(=O)C2CCC(C(=O)O)CC2)c1. The fourth-order valence-corrected chi connectivity index (χ4v) is 3.34. The van der Waals surface area contributed by atoms with Crippen molar-refractivity contribution >= 4 is 35.0 Å². The highest BCUT2D eigenvalue weighted by atomic mass is 16.4. The van der Waals surface area contributed by atoms with Gasteiger partial charge < -0.3 is 21.1 Å².